The largest absolute Gasteiger partial charge is 0.292 e. The zero-order valence-corrected chi connectivity index (χ0v) is 14.4. The van der Waals surface area contributed by atoms with E-state index in [-0.39, 0.29) is 17.8 Å². The fraction of sp³-hybridized carbons (Fsp3) is 0.250. The molecule has 0 unspecified atom stereocenters. The van der Waals surface area contributed by atoms with Crippen LogP contribution in [0.2, 0.25) is 0 Å². The molecule has 130 valence electrons. The summed E-state index contributed by atoms with van der Waals surface area (Å²) < 4.78 is 0. The molecule has 0 saturated heterocycles. The number of amides is 2. The molecule has 0 fully saturated rings. The normalized spacial score (nSPS) is 9.96. The minimum atomic E-state index is -0.303. The monoisotopic (exact) mass is 337 g/mol. The lowest BCUT2D eigenvalue weighted by Gasteiger charge is -2.11. The third-order valence-corrected chi connectivity index (χ3v) is 3.57. The van der Waals surface area contributed by atoms with Gasteiger partial charge in [-0.15, -0.1) is 0 Å². The van der Waals surface area contributed by atoms with Crippen LogP contribution in [0.25, 0.3) is 0 Å². The highest BCUT2D eigenvalue weighted by molar-refractivity contribution is 6.12. The van der Waals surface area contributed by atoms with Crippen molar-refractivity contribution in [2.24, 2.45) is 4.99 Å². The minimum absolute atomic E-state index is 0.179. The van der Waals surface area contributed by atoms with Crippen LogP contribution in [-0.2, 0) is 0 Å². The smallest absolute Gasteiger partial charge is 0.257 e. The first-order valence-corrected chi connectivity index (χ1v) is 8.48. The molecule has 2 amide bonds. The second-order valence-corrected chi connectivity index (χ2v) is 5.58. The molecule has 2 aromatic rings. The average molecular weight is 337 g/mol. The number of aliphatic imine (C=N–C) groups is 1. The Hall–Kier alpha value is -2.95. The predicted octanol–water partition coefficient (Wildman–Crippen LogP) is 3.39. The number of benzene rings is 2. The Bertz CT molecular complexity index is 657. The Labute approximate surface area is 148 Å². The van der Waals surface area contributed by atoms with E-state index in [2.05, 4.69) is 22.5 Å². The van der Waals surface area contributed by atoms with Gasteiger partial charge in [0.1, 0.15) is 0 Å². The number of hydrogen-bond acceptors (Lipinski definition) is 3. The second kappa shape index (κ2) is 10.0. The van der Waals surface area contributed by atoms with Crippen molar-refractivity contribution in [2.75, 3.05) is 6.54 Å². The lowest BCUT2D eigenvalue weighted by atomic mass is 10.2. The Balaban J connectivity index is 2.07. The first-order chi connectivity index (χ1) is 12.2. The minimum Gasteiger partial charge on any atom is -0.292 e. The molecule has 5 nitrogen and oxygen atoms in total. The number of unbranched alkanes of at least 4 members (excludes halogenated alkanes) is 2. The molecule has 0 atom stereocenters. The van der Waals surface area contributed by atoms with Crippen LogP contribution in [0.4, 0.5) is 0 Å². The lowest BCUT2D eigenvalue weighted by molar-refractivity contribution is 0.0966. The highest BCUT2D eigenvalue weighted by Gasteiger charge is 2.12. The second-order valence-electron chi connectivity index (χ2n) is 5.58. The molecule has 0 saturated carbocycles. The molecule has 0 bridgehead atoms. The SMILES string of the molecule is CCCCCN=C(NC(=O)c1ccccc1)NC(=O)c1ccccc1. The van der Waals surface area contributed by atoms with Crippen LogP contribution in [-0.4, -0.2) is 24.3 Å². The third-order valence-electron chi connectivity index (χ3n) is 3.57. The Morgan fingerprint density at radius 2 is 1.28 bits per heavy atom. The number of rotatable bonds is 6. The summed E-state index contributed by atoms with van der Waals surface area (Å²) in [5, 5.41) is 5.38. The number of carbonyl (C=O) groups excluding carboxylic acids is 2. The number of carbonyl (C=O) groups is 2. The zero-order valence-electron chi connectivity index (χ0n) is 14.4. The summed E-state index contributed by atoms with van der Waals surface area (Å²) in [6.07, 6.45) is 3.04. The molecule has 0 heterocycles. The van der Waals surface area contributed by atoms with Crippen molar-refractivity contribution in [3.05, 3.63) is 71.8 Å². The molecular formula is C20H23N3O2. The van der Waals surface area contributed by atoms with Crippen LogP contribution in [0, 0.1) is 0 Å². The fourth-order valence-electron chi connectivity index (χ4n) is 2.20. The van der Waals surface area contributed by atoms with Crippen molar-refractivity contribution >= 4 is 17.8 Å². The van der Waals surface area contributed by atoms with Gasteiger partial charge in [0.05, 0.1) is 0 Å². The highest BCUT2D eigenvalue weighted by atomic mass is 16.2. The summed E-state index contributed by atoms with van der Waals surface area (Å²) in [5.74, 6) is -0.426. The maximum Gasteiger partial charge on any atom is 0.257 e. The molecule has 2 aromatic carbocycles. The number of nitrogens with zero attached hydrogens (tertiary/aromatic N) is 1. The molecule has 0 aromatic heterocycles. The predicted molar refractivity (Wildman–Crippen MR) is 99.6 cm³/mol. The van der Waals surface area contributed by atoms with Gasteiger partial charge in [0.25, 0.3) is 11.8 Å². The van der Waals surface area contributed by atoms with Crippen molar-refractivity contribution in [1.82, 2.24) is 10.6 Å². The maximum absolute atomic E-state index is 12.3. The topological polar surface area (TPSA) is 70.6 Å². The van der Waals surface area contributed by atoms with E-state index < -0.39 is 0 Å². The summed E-state index contributed by atoms with van der Waals surface area (Å²) in [4.78, 5) is 29.0. The molecule has 2 N–H and O–H groups in total. The number of nitrogens with one attached hydrogen (secondary N) is 2. The van der Waals surface area contributed by atoms with Gasteiger partial charge in [-0.05, 0) is 30.7 Å². The van der Waals surface area contributed by atoms with Gasteiger partial charge in [0, 0.05) is 17.7 Å². The van der Waals surface area contributed by atoms with Crippen LogP contribution in [0.5, 0.6) is 0 Å². The summed E-state index contributed by atoms with van der Waals surface area (Å²) >= 11 is 0. The quantitative estimate of drug-likeness (QED) is 0.482. The van der Waals surface area contributed by atoms with Gasteiger partial charge in [-0.1, -0.05) is 56.2 Å². The average Bonchev–Trinajstić information content (AvgIpc) is 2.66. The Kier molecular flexibility index (Phi) is 7.38. The molecule has 0 radical (unpaired) electrons. The van der Waals surface area contributed by atoms with Crippen LogP contribution in [0.15, 0.2) is 65.7 Å². The fourth-order valence-corrected chi connectivity index (χ4v) is 2.20. The summed E-state index contributed by atoms with van der Waals surface area (Å²) in [7, 11) is 0. The van der Waals surface area contributed by atoms with E-state index in [9.17, 15) is 9.59 Å². The van der Waals surface area contributed by atoms with E-state index in [1.165, 1.54) is 0 Å². The van der Waals surface area contributed by atoms with E-state index in [0.717, 1.165) is 19.3 Å². The Morgan fingerprint density at radius 3 is 1.72 bits per heavy atom. The van der Waals surface area contributed by atoms with Gasteiger partial charge in [0.15, 0.2) is 0 Å². The van der Waals surface area contributed by atoms with Crippen molar-refractivity contribution in [3.63, 3.8) is 0 Å². The van der Waals surface area contributed by atoms with Crippen LogP contribution in [0.3, 0.4) is 0 Å². The van der Waals surface area contributed by atoms with E-state index in [1.54, 1.807) is 48.5 Å². The molecule has 0 aliphatic carbocycles. The standard InChI is InChI=1S/C20H23N3O2/c1-2-3-10-15-21-20(22-18(24)16-11-6-4-7-12-16)23-19(25)17-13-8-5-9-14-17/h4-9,11-14H,2-3,10,15H2,1H3,(H2,21,22,23,24,25). The van der Waals surface area contributed by atoms with E-state index in [1.807, 2.05) is 12.1 Å². The molecular weight excluding hydrogens is 314 g/mol. The third kappa shape index (κ3) is 6.22. The lowest BCUT2D eigenvalue weighted by Crippen LogP contribution is -2.44. The summed E-state index contributed by atoms with van der Waals surface area (Å²) in [6.45, 7) is 2.66. The molecule has 0 spiro atoms. The van der Waals surface area contributed by atoms with Crippen LogP contribution >= 0.6 is 0 Å². The zero-order chi connectivity index (χ0) is 17.9. The number of hydrogen-bond donors (Lipinski definition) is 2. The van der Waals surface area contributed by atoms with Crippen molar-refractivity contribution < 1.29 is 9.59 Å². The molecule has 5 heteroatoms. The summed E-state index contributed by atoms with van der Waals surface area (Å²) in [6, 6.07) is 17.7. The van der Waals surface area contributed by atoms with Crippen LogP contribution in [0.1, 0.15) is 46.9 Å². The van der Waals surface area contributed by atoms with E-state index in [0.29, 0.717) is 17.7 Å². The number of guanidine groups is 1. The van der Waals surface area contributed by atoms with Gasteiger partial charge in [0.2, 0.25) is 5.96 Å². The molecule has 0 aliphatic rings. The molecule has 2 rings (SSSR count). The Morgan fingerprint density at radius 1 is 0.800 bits per heavy atom. The first-order valence-electron chi connectivity index (χ1n) is 8.48. The van der Waals surface area contributed by atoms with Gasteiger partial charge in [-0.2, -0.15) is 0 Å². The highest BCUT2D eigenvalue weighted by Crippen LogP contribution is 2.00. The van der Waals surface area contributed by atoms with Gasteiger partial charge < -0.3 is 0 Å². The van der Waals surface area contributed by atoms with Crippen LogP contribution < -0.4 is 10.6 Å². The van der Waals surface area contributed by atoms with E-state index >= 15 is 0 Å². The van der Waals surface area contributed by atoms with Gasteiger partial charge in [-0.3, -0.25) is 25.2 Å². The van der Waals surface area contributed by atoms with Gasteiger partial charge in [-0.25, -0.2) is 0 Å². The van der Waals surface area contributed by atoms with Gasteiger partial charge >= 0.3 is 0 Å². The summed E-state index contributed by atoms with van der Waals surface area (Å²) in [5.41, 5.74) is 1.02. The maximum atomic E-state index is 12.3. The van der Waals surface area contributed by atoms with Crippen molar-refractivity contribution in [2.45, 2.75) is 26.2 Å². The molecule has 25 heavy (non-hydrogen) atoms. The first kappa shape index (κ1) is 18.4. The van der Waals surface area contributed by atoms with Crippen molar-refractivity contribution in [3.8, 4) is 0 Å². The van der Waals surface area contributed by atoms with E-state index in [4.69, 9.17) is 0 Å². The molecule has 0 aliphatic heterocycles. The van der Waals surface area contributed by atoms with Crippen molar-refractivity contribution in [1.29, 1.82) is 0 Å².